The largest absolute Gasteiger partial charge is 0.513 e. The second-order valence-electron chi connectivity index (χ2n) is 5.57. The van der Waals surface area contributed by atoms with Gasteiger partial charge in [-0.2, -0.15) is 5.26 Å². The average molecular weight is 381 g/mol. The topological polar surface area (TPSA) is 118 Å². The van der Waals surface area contributed by atoms with Crippen LogP contribution in [-0.2, 0) is 16.1 Å². The molecule has 0 radical (unpaired) electrons. The number of amides is 2. The molecule has 2 rings (SSSR count). The Morgan fingerprint density at radius 1 is 1.04 bits per heavy atom. The van der Waals surface area contributed by atoms with E-state index < -0.39 is 6.16 Å². The van der Waals surface area contributed by atoms with Crippen molar-refractivity contribution < 1.29 is 23.9 Å². The van der Waals surface area contributed by atoms with Gasteiger partial charge >= 0.3 is 6.16 Å². The number of nitrogens with one attached hydrogen (secondary N) is 2. The van der Waals surface area contributed by atoms with E-state index in [1.54, 1.807) is 37.3 Å². The zero-order valence-electron chi connectivity index (χ0n) is 15.2. The Bertz CT molecular complexity index is 870. The van der Waals surface area contributed by atoms with Crippen LogP contribution in [0.15, 0.2) is 48.5 Å². The summed E-state index contributed by atoms with van der Waals surface area (Å²) in [4.78, 5) is 34.8. The number of carbonyl (C=O) groups excluding carboxylic acids is 3. The molecule has 0 bridgehead atoms. The van der Waals surface area contributed by atoms with Gasteiger partial charge in [-0.3, -0.25) is 9.59 Å². The van der Waals surface area contributed by atoms with E-state index in [0.717, 1.165) is 5.56 Å². The van der Waals surface area contributed by atoms with Gasteiger partial charge in [-0.25, -0.2) is 4.79 Å². The minimum absolute atomic E-state index is 0.183. The van der Waals surface area contributed by atoms with Crippen LogP contribution >= 0.6 is 0 Å². The number of anilines is 1. The van der Waals surface area contributed by atoms with Crippen molar-refractivity contribution in [1.29, 1.82) is 5.26 Å². The van der Waals surface area contributed by atoms with Crippen molar-refractivity contribution in [3.05, 3.63) is 59.7 Å². The van der Waals surface area contributed by atoms with E-state index in [0.29, 0.717) is 17.8 Å². The van der Waals surface area contributed by atoms with Crippen LogP contribution < -0.4 is 15.4 Å². The highest BCUT2D eigenvalue weighted by molar-refractivity contribution is 6.04. The van der Waals surface area contributed by atoms with E-state index in [1.165, 1.54) is 24.3 Å². The van der Waals surface area contributed by atoms with Crippen LogP contribution in [0.25, 0.3) is 0 Å². The number of nitrogens with zero attached hydrogens (tertiary/aromatic N) is 1. The van der Waals surface area contributed by atoms with Crippen molar-refractivity contribution >= 4 is 23.7 Å². The predicted molar refractivity (Wildman–Crippen MR) is 101 cm³/mol. The van der Waals surface area contributed by atoms with Crippen LogP contribution in [0, 0.1) is 11.3 Å². The number of nitriles is 1. The normalized spacial score (nSPS) is 9.71. The molecule has 0 unspecified atom stereocenters. The van der Waals surface area contributed by atoms with Gasteiger partial charge in [0.15, 0.2) is 0 Å². The molecule has 0 heterocycles. The zero-order chi connectivity index (χ0) is 20.4. The molecule has 0 saturated heterocycles. The molecule has 28 heavy (non-hydrogen) atoms. The molecule has 8 nitrogen and oxygen atoms in total. The molecule has 0 saturated carbocycles. The molecule has 2 aromatic carbocycles. The van der Waals surface area contributed by atoms with Crippen molar-refractivity contribution in [3.63, 3.8) is 0 Å². The molecule has 2 amide bonds. The van der Waals surface area contributed by atoms with E-state index in [1.807, 2.05) is 0 Å². The van der Waals surface area contributed by atoms with Crippen molar-refractivity contribution in [1.82, 2.24) is 5.32 Å². The summed E-state index contributed by atoms with van der Waals surface area (Å²) in [7, 11) is 0. The van der Waals surface area contributed by atoms with Gasteiger partial charge in [-0.1, -0.05) is 12.1 Å². The number of ether oxygens (including phenoxy) is 2. The van der Waals surface area contributed by atoms with Gasteiger partial charge in [-0.15, -0.1) is 0 Å². The van der Waals surface area contributed by atoms with Gasteiger partial charge in [0.2, 0.25) is 5.91 Å². The van der Waals surface area contributed by atoms with Crippen molar-refractivity contribution in [2.75, 3.05) is 11.9 Å². The lowest BCUT2D eigenvalue weighted by Gasteiger charge is -2.08. The Hall–Kier alpha value is -3.86. The Morgan fingerprint density at radius 3 is 2.32 bits per heavy atom. The first-order valence-electron chi connectivity index (χ1n) is 8.50. The maximum atomic E-state index is 12.3. The number of carbonyl (C=O) groups is 3. The molecular formula is C20H19N3O5. The fourth-order valence-electron chi connectivity index (χ4n) is 2.16. The maximum absolute atomic E-state index is 12.3. The third-order valence-corrected chi connectivity index (χ3v) is 3.52. The van der Waals surface area contributed by atoms with Gasteiger partial charge in [-0.05, 0) is 48.9 Å². The number of hydrogen-bond donors (Lipinski definition) is 2. The fraction of sp³-hybridized carbons (Fsp3) is 0.200. The van der Waals surface area contributed by atoms with Crippen LogP contribution in [0.3, 0.4) is 0 Å². The Balaban J connectivity index is 1.89. The summed E-state index contributed by atoms with van der Waals surface area (Å²) in [5.41, 5.74) is 1.82. The summed E-state index contributed by atoms with van der Waals surface area (Å²) in [5, 5.41) is 13.8. The SMILES string of the molecule is CCOC(=O)Oc1ccc(C(=O)Nc2ccc(CNC(=O)CC#N)cc2)cc1. The fourth-order valence-corrected chi connectivity index (χ4v) is 2.16. The quantitative estimate of drug-likeness (QED) is 0.562. The van der Waals surface area contributed by atoms with Crippen LogP contribution in [0.2, 0.25) is 0 Å². The summed E-state index contributed by atoms with van der Waals surface area (Å²) >= 11 is 0. The predicted octanol–water partition coefficient (Wildman–Crippen LogP) is 3.00. The molecule has 0 aliphatic rings. The minimum Gasteiger partial charge on any atom is -0.434 e. The molecule has 0 aliphatic heterocycles. The molecule has 144 valence electrons. The van der Waals surface area contributed by atoms with Crippen LogP contribution in [0.5, 0.6) is 5.75 Å². The Kier molecular flexibility index (Phi) is 7.54. The van der Waals surface area contributed by atoms with Gasteiger partial charge in [0, 0.05) is 17.8 Å². The maximum Gasteiger partial charge on any atom is 0.513 e. The highest BCUT2D eigenvalue weighted by Crippen LogP contribution is 2.15. The summed E-state index contributed by atoms with van der Waals surface area (Å²) in [6.45, 7) is 2.19. The molecule has 0 spiro atoms. The van der Waals surface area contributed by atoms with Gasteiger partial charge in [0.25, 0.3) is 5.91 Å². The van der Waals surface area contributed by atoms with Crippen LogP contribution in [0.4, 0.5) is 10.5 Å². The van der Waals surface area contributed by atoms with E-state index in [2.05, 4.69) is 15.4 Å². The first kappa shape index (κ1) is 20.5. The van der Waals surface area contributed by atoms with Crippen LogP contribution in [-0.4, -0.2) is 24.6 Å². The van der Waals surface area contributed by atoms with Gasteiger partial charge < -0.3 is 20.1 Å². The molecule has 0 aromatic heterocycles. The summed E-state index contributed by atoms with van der Waals surface area (Å²) in [5.74, 6) is -0.384. The van der Waals surface area contributed by atoms with E-state index in [-0.39, 0.29) is 30.6 Å². The number of benzene rings is 2. The number of rotatable bonds is 7. The van der Waals surface area contributed by atoms with Gasteiger partial charge in [0.05, 0.1) is 12.7 Å². The monoisotopic (exact) mass is 381 g/mol. The van der Waals surface area contributed by atoms with E-state index in [4.69, 9.17) is 10.00 Å². The third kappa shape index (κ3) is 6.46. The zero-order valence-corrected chi connectivity index (χ0v) is 15.2. The second kappa shape index (κ2) is 10.3. The molecule has 2 N–H and O–H groups in total. The smallest absolute Gasteiger partial charge is 0.434 e. The molecule has 8 heteroatoms. The standard InChI is InChI=1S/C20H19N3O5/c1-2-27-20(26)28-17-9-5-15(6-10-17)19(25)23-16-7-3-14(4-8-16)13-22-18(24)11-12-21/h3-10H,2,11,13H2,1H3,(H,22,24)(H,23,25). The average Bonchev–Trinajstić information content (AvgIpc) is 2.68. The van der Waals surface area contributed by atoms with Gasteiger partial charge in [0.1, 0.15) is 12.2 Å². The first-order valence-corrected chi connectivity index (χ1v) is 8.50. The highest BCUT2D eigenvalue weighted by Gasteiger charge is 2.09. The Morgan fingerprint density at radius 2 is 1.71 bits per heavy atom. The summed E-state index contributed by atoms with van der Waals surface area (Å²) in [6, 6.07) is 14.8. The molecular weight excluding hydrogens is 362 g/mol. The van der Waals surface area contributed by atoms with E-state index >= 15 is 0 Å². The van der Waals surface area contributed by atoms with E-state index in [9.17, 15) is 14.4 Å². The first-order chi connectivity index (χ1) is 13.5. The van der Waals surface area contributed by atoms with Crippen molar-refractivity contribution in [2.45, 2.75) is 19.9 Å². The molecule has 0 atom stereocenters. The summed E-state index contributed by atoms with van der Waals surface area (Å²) in [6.07, 6.45) is -0.985. The third-order valence-electron chi connectivity index (χ3n) is 3.52. The molecule has 0 fully saturated rings. The number of hydrogen-bond acceptors (Lipinski definition) is 6. The van der Waals surface area contributed by atoms with Crippen molar-refractivity contribution in [2.24, 2.45) is 0 Å². The second-order valence-corrected chi connectivity index (χ2v) is 5.57. The summed E-state index contributed by atoms with van der Waals surface area (Å²) < 4.78 is 9.61. The lowest BCUT2D eigenvalue weighted by atomic mass is 10.1. The van der Waals surface area contributed by atoms with Crippen LogP contribution in [0.1, 0.15) is 29.3 Å². The Labute approximate surface area is 162 Å². The highest BCUT2D eigenvalue weighted by atomic mass is 16.7. The van der Waals surface area contributed by atoms with Crippen molar-refractivity contribution in [3.8, 4) is 11.8 Å². The lowest BCUT2D eigenvalue weighted by Crippen LogP contribution is -2.21. The molecule has 2 aromatic rings. The minimum atomic E-state index is -0.802. The molecule has 0 aliphatic carbocycles. The lowest BCUT2D eigenvalue weighted by molar-refractivity contribution is -0.120.